The van der Waals surface area contributed by atoms with Crippen LogP contribution in [0, 0.1) is 0 Å². The highest BCUT2D eigenvalue weighted by molar-refractivity contribution is 14.0. The van der Waals surface area contributed by atoms with Crippen LogP contribution >= 0.6 is 24.0 Å². The van der Waals surface area contributed by atoms with Crippen molar-refractivity contribution in [2.45, 2.75) is 46.6 Å². The number of halogens is 1. The summed E-state index contributed by atoms with van der Waals surface area (Å²) >= 11 is 0. The fourth-order valence-corrected chi connectivity index (χ4v) is 2.65. The normalized spacial score (nSPS) is 15.0. The number of likely N-dealkylation sites (tertiary alicyclic amines) is 1. The number of aliphatic imine (C=N–C) groups is 1. The Balaban J connectivity index is 0.00000484. The van der Waals surface area contributed by atoms with Gasteiger partial charge in [0.05, 0.1) is 0 Å². The van der Waals surface area contributed by atoms with Crippen molar-refractivity contribution >= 4 is 35.8 Å². The number of likely N-dealkylation sites (N-methyl/N-ethyl adjacent to an activating group) is 1. The Bertz CT molecular complexity index is 356. The summed E-state index contributed by atoms with van der Waals surface area (Å²) in [6.07, 6.45) is 2.24. The third-order valence-corrected chi connectivity index (χ3v) is 4.00. The molecule has 1 aliphatic heterocycles. The Morgan fingerprint density at radius 1 is 1.22 bits per heavy atom. The van der Waals surface area contributed by atoms with E-state index in [2.05, 4.69) is 41.3 Å². The van der Waals surface area contributed by atoms with Gasteiger partial charge in [-0.05, 0) is 40.2 Å². The van der Waals surface area contributed by atoms with Gasteiger partial charge in [-0.1, -0.05) is 6.92 Å². The molecule has 0 aromatic carbocycles. The Morgan fingerprint density at radius 3 is 2.39 bits per heavy atom. The van der Waals surface area contributed by atoms with Gasteiger partial charge in [0.2, 0.25) is 5.91 Å². The molecular weight excluding hydrogens is 405 g/mol. The number of rotatable bonds is 8. The summed E-state index contributed by atoms with van der Waals surface area (Å²) in [6, 6.07) is 0.545. The van der Waals surface area contributed by atoms with Gasteiger partial charge in [0.15, 0.2) is 5.96 Å². The second-order valence-electron chi connectivity index (χ2n) is 5.93. The molecule has 6 nitrogen and oxygen atoms in total. The van der Waals surface area contributed by atoms with Crippen molar-refractivity contribution in [3.63, 3.8) is 0 Å². The Labute approximate surface area is 158 Å². The number of hydrogen-bond donors (Lipinski definition) is 2. The molecule has 136 valence electrons. The van der Waals surface area contributed by atoms with E-state index in [0.717, 1.165) is 58.1 Å². The number of nitrogens with one attached hydrogen (secondary N) is 2. The van der Waals surface area contributed by atoms with Crippen LogP contribution < -0.4 is 10.6 Å². The molecule has 0 aromatic heterocycles. The number of hydrogen-bond acceptors (Lipinski definition) is 3. The lowest BCUT2D eigenvalue weighted by Gasteiger charge is -2.25. The summed E-state index contributed by atoms with van der Waals surface area (Å²) in [5.41, 5.74) is 0. The molecule has 0 spiro atoms. The molecule has 0 aromatic rings. The quantitative estimate of drug-likeness (QED) is 0.342. The first-order chi connectivity index (χ1) is 10.6. The van der Waals surface area contributed by atoms with Gasteiger partial charge in [-0.25, -0.2) is 4.99 Å². The zero-order chi connectivity index (χ0) is 16.4. The molecule has 1 fully saturated rings. The summed E-state index contributed by atoms with van der Waals surface area (Å²) < 4.78 is 0. The molecular formula is C16H34IN5O. The van der Waals surface area contributed by atoms with Gasteiger partial charge >= 0.3 is 0 Å². The lowest BCUT2D eigenvalue weighted by atomic mass is 10.3. The first-order valence-electron chi connectivity index (χ1n) is 8.62. The van der Waals surface area contributed by atoms with E-state index < -0.39 is 0 Å². The number of nitrogens with zero attached hydrogens (tertiary/aromatic N) is 3. The minimum absolute atomic E-state index is 0. The van der Waals surface area contributed by atoms with Gasteiger partial charge in [-0.15, -0.1) is 24.0 Å². The number of guanidine groups is 1. The molecule has 23 heavy (non-hydrogen) atoms. The van der Waals surface area contributed by atoms with Crippen molar-refractivity contribution in [1.29, 1.82) is 0 Å². The molecule has 0 aliphatic carbocycles. The van der Waals surface area contributed by atoms with Gasteiger partial charge in [-0.2, -0.15) is 0 Å². The first-order valence-corrected chi connectivity index (χ1v) is 8.62. The van der Waals surface area contributed by atoms with Crippen LogP contribution in [-0.4, -0.2) is 73.5 Å². The maximum absolute atomic E-state index is 12.0. The zero-order valence-corrected chi connectivity index (χ0v) is 17.4. The Morgan fingerprint density at radius 2 is 1.87 bits per heavy atom. The van der Waals surface area contributed by atoms with Crippen molar-refractivity contribution in [3.8, 4) is 0 Å². The highest BCUT2D eigenvalue weighted by Gasteiger charge is 2.17. The highest BCUT2D eigenvalue weighted by Crippen LogP contribution is 2.07. The highest BCUT2D eigenvalue weighted by atomic mass is 127. The van der Waals surface area contributed by atoms with Gasteiger partial charge in [0.1, 0.15) is 6.54 Å². The molecule has 0 unspecified atom stereocenters. The Kier molecular flexibility index (Phi) is 12.5. The van der Waals surface area contributed by atoms with Crippen LogP contribution in [0.15, 0.2) is 4.99 Å². The summed E-state index contributed by atoms with van der Waals surface area (Å²) in [5.74, 6) is 0.863. The van der Waals surface area contributed by atoms with E-state index >= 15 is 0 Å². The van der Waals surface area contributed by atoms with E-state index in [-0.39, 0.29) is 36.4 Å². The van der Waals surface area contributed by atoms with Gasteiger partial charge < -0.3 is 15.5 Å². The molecule has 2 N–H and O–H groups in total. The fraction of sp³-hybridized carbons (Fsp3) is 0.875. The van der Waals surface area contributed by atoms with Gasteiger partial charge in [0.25, 0.3) is 0 Å². The Hall–Kier alpha value is -0.570. The molecule has 1 amide bonds. The lowest BCUT2D eigenvalue weighted by molar-refractivity contribution is -0.128. The van der Waals surface area contributed by atoms with Gasteiger partial charge in [-0.3, -0.25) is 9.69 Å². The van der Waals surface area contributed by atoms with E-state index in [0.29, 0.717) is 6.04 Å². The van der Waals surface area contributed by atoms with Crippen molar-refractivity contribution in [2.24, 2.45) is 4.99 Å². The maximum atomic E-state index is 12.0. The second kappa shape index (κ2) is 12.8. The molecule has 0 radical (unpaired) electrons. The zero-order valence-electron chi connectivity index (χ0n) is 15.1. The summed E-state index contributed by atoms with van der Waals surface area (Å²) in [4.78, 5) is 20.7. The average Bonchev–Trinajstić information content (AvgIpc) is 3.02. The number of carbonyl (C=O) groups excluding carboxylic acids is 1. The minimum Gasteiger partial charge on any atom is -0.357 e. The molecule has 0 atom stereocenters. The largest absolute Gasteiger partial charge is 0.357 e. The molecule has 0 saturated carbocycles. The van der Waals surface area contributed by atoms with Crippen LogP contribution in [0.2, 0.25) is 0 Å². The first kappa shape index (κ1) is 22.4. The van der Waals surface area contributed by atoms with Crippen molar-refractivity contribution in [1.82, 2.24) is 20.4 Å². The number of amides is 1. The molecule has 7 heteroatoms. The predicted octanol–water partition coefficient (Wildman–Crippen LogP) is 1.51. The summed E-state index contributed by atoms with van der Waals surface area (Å²) in [7, 11) is 0. The van der Waals surface area contributed by atoms with Crippen LogP contribution in [0.5, 0.6) is 0 Å². The van der Waals surface area contributed by atoms with Crippen molar-refractivity contribution in [2.75, 3.05) is 45.8 Å². The average molecular weight is 439 g/mol. The van der Waals surface area contributed by atoms with Crippen molar-refractivity contribution < 1.29 is 4.79 Å². The van der Waals surface area contributed by atoms with Crippen molar-refractivity contribution in [3.05, 3.63) is 0 Å². The third kappa shape index (κ3) is 8.74. The maximum Gasteiger partial charge on any atom is 0.244 e. The molecule has 1 aliphatic rings. The van der Waals surface area contributed by atoms with Crippen LogP contribution in [-0.2, 0) is 4.79 Å². The van der Waals surface area contributed by atoms with Crippen LogP contribution in [0.1, 0.15) is 40.5 Å². The lowest BCUT2D eigenvalue weighted by Crippen LogP contribution is -2.43. The third-order valence-electron chi connectivity index (χ3n) is 4.00. The van der Waals surface area contributed by atoms with E-state index in [1.807, 2.05) is 11.8 Å². The van der Waals surface area contributed by atoms with E-state index in [9.17, 15) is 4.79 Å². The van der Waals surface area contributed by atoms with E-state index in [1.165, 1.54) is 0 Å². The predicted molar refractivity (Wildman–Crippen MR) is 108 cm³/mol. The molecule has 1 rings (SSSR count). The van der Waals surface area contributed by atoms with E-state index in [1.54, 1.807) is 0 Å². The summed E-state index contributed by atoms with van der Waals surface area (Å²) in [6.45, 7) is 14.3. The molecule has 1 saturated heterocycles. The molecule has 0 bridgehead atoms. The van der Waals surface area contributed by atoms with Gasteiger partial charge in [0, 0.05) is 38.8 Å². The summed E-state index contributed by atoms with van der Waals surface area (Å²) in [5, 5.41) is 6.51. The van der Waals surface area contributed by atoms with Crippen LogP contribution in [0.3, 0.4) is 0 Å². The topological polar surface area (TPSA) is 60.0 Å². The standard InChI is InChI=1S/C16H33N5O.HI/c1-5-17-16(18-9-12-20(6-2)14(3)4)19-13-15(22)21-10-7-8-11-21;/h14H,5-13H2,1-4H3,(H2,17,18,19);1H. The molecule has 1 heterocycles. The second-order valence-corrected chi connectivity index (χ2v) is 5.93. The fourth-order valence-electron chi connectivity index (χ4n) is 2.65. The number of carbonyl (C=O) groups is 1. The smallest absolute Gasteiger partial charge is 0.244 e. The van der Waals surface area contributed by atoms with E-state index in [4.69, 9.17) is 0 Å². The van der Waals surface area contributed by atoms with Crippen LogP contribution in [0.4, 0.5) is 0 Å². The SMILES string of the molecule is CCNC(=NCC(=O)N1CCCC1)NCCN(CC)C(C)C.I. The minimum atomic E-state index is 0. The monoisotopic (exact) mass is 439 g/mol. The van der Waals surface area contributed by atoms with Crippen LogP contribution in [0.25, 0.3) is 0 Å².